The molecule has 3 heterocycles. The van der Waals surface area contributed by atoms with Crippen molar-refractivity contribution in [3.8, 4) is 5.75 Å². The van der Waals surface area contributed by atoms with Crippen LogP contribution in [0.5, 0.6) is 5.75 Å². The van der Waals surface area contributed by atoms with Crippen LogP contribution in [0, 0.1) is 6.92 Å². The number of rotatable bonds is 10. The molecule has 174 valence electrons. The van der Waals surface area contributed by atoms with Crippen LogP contribution in [0.4, 0.5) is 5.95 Å². The molecule has 12 heteroatoms. The van der Waals surface area contributed by atoms with E-state index in [0.29, 0.717) is 54.9 Å². The third-order valence-electron chi connectivity index (χ3n) is 5.09. The number of piperazine rings is 1. The number of anilines is 1. The zero-order valence-electron chi connectivity index (χ0n) is 17.9. The number of hydrogen-bond donors (Lipinski definition) is 2. The molecule has 1 aliphatic rings. The van der Waals surface area contributed by atoms with Gasteiger partial charge in [-0.25, -0.2) is 15.1 Å². The highest BCUT2D eigenvalue weighted by Gasteiger charge is 2.22. The first-order valence-corrected chi connectivity index (χ1v) is 10.8. The molecule has 1 aliphatic heterocycles. The Morgan fingerprint density at radius 3 is 2.66 bits per heavy atom. The summed E-state index contributed by atoms with van der Waals surface area (Å²) >= 11 is 5.82. The predicted octanol–water partition coefficient (Wildman–Crippen LogP) is 0.407. The SMILES string of the molecule is Cc1c(O[C@@H](CCO)COCCC(=O)N2CCN(c3ncc(Cl)cn3)CC2)cn[nH]c1=O. The van der Waals surface area contributed by atoms with Gasteiger partial charge in [0, 0.05) is 39.2 Å². The summed E-state index contributed by atoms with van der Waals surface area (Å²) in [6.45, 7) is 4.40. The number of carbonyl (C=O) groups is 1. The van der Waals surface area contributed by atoms with E-state index in [2.05, 4.69) is 20.2 Å². The molecule has 1 atom stereocenters. The minimum atomic E-state index is -0.458. The largest absolute Gasteiger partial charge is 0.486 e. The molecule has 0 radical (unpaired) electrons. The summed E-state index contributed by atoms with van der Waals surface area (Å²) in [7, 11) is 0. The molecule has 0 aromatic carbocycles. The van der Waals surface area contributed by atoms with Crippen LogP contribution in [-0.2, 0) is 9.53 Å². The van der Waals surface area contributed by atoms with Gasteiger partial charge in [0.25, 0.3) is 5.56 Å². The van der Waals surface area contributed by atoms with Crippen molar-refractivity contribution in [2.75, 3.05) is 50.9 Å². The van der Waals surface area contributed by atoms with Gasteiger partial charge in [0.05, 0.1) is 48.8 Å². The summed E-state index contributed by atoms with van der Waals surface area (Å²) in [5, 5.41) is 15.8. The minimum Gasteiger partial charge on any atom is -0.486 e. The van der Waals surface area contributed by atoms with Crippen molar-refractivity contribution in [1.29, 1.82) is 0 Å². The number of halogens is 1. The van der Waals surface area contributed by atoms with Crippen LogP contribution in [0.15, 0.2) is 23.4 Å². The lowest BCUT2D eigenvalue weighted by Gasteiger charge is -2.34. The van der Waals surface area contributed by atoms with Gasteiger partial charge in [-0.05, 0) is 6.92 Å². The van der Waals surface area contributed by atoms with Crippen molar-refractivity contribution < 1.29 is 19.4 Å². The molecule has 2 aromatic rings. The summed E-state index contributed by atoms with van der Waals surface area (Å²) in [6.07, 6.45) is 4.64. The summed E-state index contributed by atoms with van der Waals surface area (Å²) in [6, 6.07) is 0. The fourth-order valence-electron chi connectivity index (χ4n) is 3.22. The van der Waals surface area contributed by atoms with Crippen molar-refractivity contribution >= 4 is 23.5 Å². The number of nitrogens with one attached hydrogen (secondary N) is 1. The number of nitrogens with zero attached hydrogens (tertiary/aromatic N) is 5. The monoisotopic (exact) mass is 466 g/mol. The fourth-order valence-corrected chi connectivity index (χ4v) is 3.32. The molecule has 1 amide bonds. The normalized spacial score (nSPS) is 15.0. The lowest BCUT2D eigenvalue weighted by atomic mass is 10.2. The van der Waals surface area contributed by atoms with Gasteiger partial charge in [-0.15, -0.1) is 0 Å². The molecule has 0 aliphatic carbocycles. The van der Waals surface area contributed by atoms with E-state index in [9.17, 15) is 14.7 Å². The van der Waals surface area contributed by atoms with Gasteiger partial charge >= 0.3 is 0 Å². The number of hydrogen-bond acceptors (Lipinski definition) is 9. The standard InChI is InChI=1S/C20H27ClN6O5/c1-14-17(12-24-25-19(14)30)32-16(2-8-28)13-31-9-3-18(29)26-4-6-27(7-5-26)20-22-10-15(21)11-23-20/h10-12,16,28H,2-9,13H2,1H3,(H,25,30)/t16-/m0/s1. The maximum absolute atomic E-state index is 12.5. The van der Waals surface area contributed by atoms with Crippen LogP contribution < -0.4 is 15.2 Å². The molecule has 2 aromatic heterocycles. The Bertz CT molecular complexity index is 933. The van der Waals surface area contributed by atoms with Crippen molar-refractivity contribution in [2.24, 2.45) is 0 Å². The van der Waals surface area contributed by atoms with E-state index in [1.165, 1.54) is 6.20 Å². The highest BCUT2D eigenvalue weighted by Crippen LogP contribution is 2.15. The van der Waals surface area contributed by atoms with E-state index >= 15 is 0 Å². The van der Waals surface area contributed by atoms with Gasteiger partial charge in [0.2, 0.25) is 11.9 Å². The van der Waals surface area contributed by atoms with Crippen LogP contribution in [0.3, 0.4) is 0 Å². The molecule has 1 fully saturated rings. The lowest BCUT2D eigenvalue weighted by molar-refractivity contribution is -0.132. The number of ether oxygens (including phenoxy) is 2. The molecule has 11 nitrogen and oxygen atoms in total. The number of aliphatic hydroxyl groups excluding tert-OH is 1. The first kappa shape index (κ1) is 23.9. The maximum Gasteiger partial charge on any atom is 0.270 e. The molecule has 2 N–H and O–H groups in total. The summed E-state index contributed by atoms with van der Waals surface area (Å²) in [5.41, 5.74) is 0.0701. The molecular weight excluding hydrogens is 440 g/mol. The van der Waals surface area contributed by atoms with E-state index in [4.69, 9.17) is 21.1 Å². The maximum atomic E-state index is 12.5. The van der Waals surface area contributed by atoms with Crippen LogP contribution in [-0.4, -0.2) is 88.2 Å². The van der Waals surface area contributed by atoms with Crippen LogP contribution >= 0.6 is 11.6 Å². The molecule has 1 saturated heterocycles. The Labute approximate surface area is 190 Å². The summed E-state index contributed by atoms with van der Waals surface area (Å²) in [5.74, 6) is 0.955. The Balaban J connectivity index is 1.39. The van der Waals surface area contributed by atoms with Gasteiger partial charge < -0.3 is 24.4 Å². The average Bonchev–Trinajstić information content (AvgIpc) is 2.80. The smallest absolute Gasteiger partial charge is 0.270 e. The molecule has 3 rings (SSSR count). The second-order valence-electron chi connectivity index (χ2n) is 7.33. The minimum absolute atomic E-state index is 0.0101. The van der Waals surface area contributed by atoms with Crippen LogP contribution in [0.1, 0.15) is 18.4 Å². The van der Waals surface area contributed by atoms with Gasteiger partial charge in [-0.3, -0.25) is 9.59 Å². The zero-order valence-corrected chi connectivity index (χ0v) is 18.6. The van der Waals surface area contributed by atoms with Crippen molar-refractivity contribution in [3.63, 3.8) is 0 Å². The number of aliphatic hydroxyl groups is 1. The van der Waals surface area contributed by atoms with Gasteiger partial charge in [0.1, 0.15) is 11.9 Å². The second kappa shape index (κ2) is 11.7. The highest BCUT2D eigenvalue weighted by molar-refractivity contribution is 6.30. The average molecular weight is 467 g/mol. The Morgan fingerprint density at radius 1 is 1.25 bits per heavy atom. The molecule has 32 heavy (non-hydrogen) atoms. The highest BCUT2D eigenvalue weighted by atomic mass is 35.5. The van der Waals surface area contributed by atoms with Crippen molar-refractivity contribution in [2.45, 2.75) is 25.9 Å². The van der Waals surface area contributed by atoms with E-state index in [1.807, 2.05) is 4.90 Å². The first-order valence-electron chi connectivity index (χ1n) is 10.4. The predicted molar refractivity (Wildman–Crippen MR) is 117 cm³/mol. The number of amides is 1. The number of H-pyrrole nitrogens is 1. The summed E-state index contributed by atoms with van der Waals surface area (Å²) < 4.78 is 11.4. The topological polar surface area (TPSA) is 134 Å². The Kier molecular flexibility index (Phi) is 8.77. The number of aromatic nitrogens is 4. The third-order valence-corrected chi connectivity index (χ3v) is 5.28. The van der Waals surface area contributed by atoms with E-state index in [0.717, 1.165) is 0 Å². The third kappa shape index (κ3) is 6.62. The Morgan fingerprint density at radius 2 is 1.97 bits per heavy atom. The zero-order chi connectivity index (χ0) is 22.9. The molecule has 0 bridgehead atoms. The van der Waals surface area contributed by atoms with E-state index < -0.39 is 6.10 Å². The van der Waals surface area contributed by atoms with Gasteiger partial charge in [-0.2, -0.15) is 5.10 Å². The van der Waals surface area contributed by atoms with Crippen molar-refractivity contribution in [3.05, 3.63) is 39.5 Å². The molecule has 0 spiro atoms. The van der Waals surface area contributed by atoms with Crippen molar-refractivity contribution in [1.82, 2.24) is 25.1 Å². The van der Waals surface area contributed by atoms with E-state index in [-0.39, 0.29) is 37.7 Å². The second-order valence-corrected chi connectivity index (χ2v) is 7.77. The molecule has 0 unspecified atom stereocenters. The van der Waals surface area contributed by atoms with Crippen LogP contribution in [0.2, 0.25) is 5.02 Å². The van der Waals surface area contributed by atoms with E-state index in [1.54, 1.807) is 24.2 Å². The molecule has 0 saturated carbocycles. The van der Waals surface area contributed by atoms with Gasteiger partial charge in [0.15, 0.2) is 0 Å². The first-order chi connectivity index (χ1) is 15.5. The Hall–Kier alpha value is -2.76. The molecular formula is C20H27ClN6O5. The van der Waals surface area contributed by atoms with Gasteiger partial charge in [-0.1, -0.05) is 11.6 Å². The fraction of sp³-hybridized carbons (Fsp3) is 0.550. The number of aromatic amines is 1. The number of carbonyl (C=O) groups excluding carboxylic acids is 1. The quantitative estimate of drug-likeness (QED) is 0.477. The summed E-state index contributed by atoms with van der Waals surface area (Å²) in [4.78, 5) is 36.4. The lowest BCUT2D eigenvalue weighted by Crippen LogP contribution is -2.49. The van der Waals surface area contributed by atoms with Crippen LogP contribution in [0.25, 0.3) is 0 Å².